The largest absolute Gasteiger partial charge is 0.480 e. The van der Waals surface area contributed by atoms with Crippen LogP contribution in [0.15, 0.2) is 23.4 Å². The van der Waals surface area contributed by atoms with E-state index in [1.165, 1.54) is 22.8 Å². The average Bonchev–Trinajstić information content (AvgIpc) is 3.17. The predicted octanol–water partition coefficient (Wildman–Crippen LogP) is 2.62. The Bertz CT molecular complexity index is 942. The zero-order valence-electron chi connectivity index (χ0n) is 13.4. The summed E-state index contributed by atoms with van der Waals surface area (Å²) in [5.74, 6) is -0.995. The first kappa shape index (κ1) is 16.8. The SMILES string of the molecule is O=C(O)C1CC2CCCCC2N1S(=O)(=O)c1c[nH]c2nccc(Cl)c12. The lowest BCUT2D eigenvalue weighted by Gasteiger charge is -2.31. The van der Waals surface area contributed by atoms with Gasteiger partial charge >= 0.3 is 5.97 Å². The van der Waals surface area contributed by atoms with Gasteiger partial charge in [-0.25, -0.2) is 13.4 Å². The van der Waals surface area contributed by atoms with Gasteiger partial charge in [-0.2, -0.15) is 4.31 Å². The Balaban J connectivity index is 1.86. The highest BCUT2D eigenvalue weighted by Crippen LogP contribution is 2.44. The fourth-order valence-electron chi connectivity index (χ4n) is 4.28. The highest BCUT2D eigenvalue weighted by Gasteiger charge is 2.51. The van der Waals surface area contributed by atoms with E-state index in [4.69, 9.17) is 11.6 Å². The van der Waals surface area contributed by atoms with Crippen LogP contribution in [0.4, 0.5) is 0 Å². The molecule has 2 fully saturated rings. The van der Waals surface area contributed by atoms with Gasteiger partial charge in [0.05, 0.1) is 10.4 Å². The average molecular weight is 384 g/mol. The summed E-state index contributed by atoms with van der Waals surface area (Å²) < 4.78 is 28.0. The molecular weight excluding hydrogens is 366 g/mol. The number of carbonyl (C=O) groups is 1. The van der Waals surface area contributed by atoms with Crippen molar-refractivity contribution in [1.29, 1.82) is 0 Å². The van der Waals surface area contributed by atoms with E-state index in [0.717, 1.165) is 19.3 Å². The molecule has 0 bridgehead atoms. The molecule has 134 valence electrons. The summed E-state index contributed by atoms with van der Waals surface area (Å²) in [6.45, 7) is 0. The molecule has 2 N–H and O–H groups in total. The Morgan fingerprint density at radius 1 is 1.36 bits per heavy atom. The number of hydrogen-bond donors (Lipinski definition) is 2. The smallest absolute Gasteiger partial charge is 0.322 e. The molecule has 25 heavy (non-hydrogen) atoms. The van der Waals surface area contributed by atoms with E-state index in [-0.39, 0.29) is 21.9 Å². The van der Waals surface area contributed by atoms with Crippen molar-refractivity contribution in [2.75, 3.05) is 0 Å². The molecule has 1 aliphatic heterocycles. The standard InChI is InChI=1S/C16H18ClN3O4S/c17-10-5-6-18-15-14(10)13(8-19-15)25(23,24)20-11-4-2-1-3-9(11)7-12(20)16(21)22/h5-6,8-9,11-12H,1-4,7H2,(H,18,19)(H,21,22). The van der Waals surface area contributed by atoms with Crippen molar-refractivity contribution in [3.8, 4) is 0 Å². The highest BCUT2D eigenvalue weighted by atomic mass is 35.5. The van der Waals surface area contributed by atoms with Crippen LogP contribution >= 0.6 is 11.6 Å². The van der Waals surface area contributed by atoms with Gasteiger partial charge in [0.15, 0.2) is 0 Å². The van der Waals surface area contributed by atoms with Crippen molar-refractivity contribution >= 4 is 38.6 Å². The molecule has 0 amide bonds. The molecule has 3 unspecified atom stereocenters. The summed E-state index contributed by atoms with van der Waals surface area (Å²) in [4.78, 5) is 18.7. The van der Waals surface area contributed by atoms with Crippen molar-refractivity contribution < 1.29 is 18.3 Å². The minimum Gasteiger partial charge on any atom is -0.480 e. The topological polar surface area (TPSA) is 103 Å². The molecule has 0 aromatic carbocycles. The lowest BCUT2D eigenvalue weighted by Crippen LogP contribution is -2.46. The summed E-state index contributed by atoms with van der Waals surface area (Å²) in [6, 6.07) is 0.234. The number of carboxylic acids is 1. The fourth-order valence-corrected chi connectivity index (χ4v) is 6.63. The minimum absolute atomic E-state index is 0.00178. The van der Waals surface area contributed by atoms with Crippen LogP contribution in [-0.2, 0) is 14.8 Å². The van der Waals surface area contributed by atoms with Crippen molar-refractivity contribution in [3.05, 3.63) is 23.5 Å². The summed E-state index contributed by atoms with van der Waals surface area (Å²) in [7, 11) is -4.01. The number of aromatic amines is 1. The van der Waals surface area contributed by atoms with Crippen molar-refractivity contribution in [2.45, 2.75) is 49.1 Å². The Hall–Kier alpha value is -1.64. The van der Waals surface area contributed by atoms with E-state index < -0.39 is 22.0 Å². The van der Waals surface area contributed by atoms with Crippen molar-refractivity contribution in [2.24, 2.45) is 5.92 Å². The van der Waals surface area contributed by atoms with E-state index in [2.05, 4.69) is 9.97 Å². The number of H-pyrrole nitrogens is 1. The second kappa shape index (κ2) is 5.96. The number of aromatic nitrogens is 2. The number of fused-ring (bicyclic) bond motifs is 2. The predicted molar refractivity (Wildman–Crippen MR) is 91.9 cm³/mol. The normalized spacial score (nSPS) is 27.5. The van der Waals surface area contributed by atoms with Gasteiger partial charge in [-0.05, 0) is 31.2 Å². The Morgan fingerprint density at radius 3 is 2.88 bits per heavy atom. The summed E-state index contributed by atoms with van der Waals surface area (Å²) in [5, 5.41) is 10.2. The summed E-state index contributed by atoms with van der Waals surface area (Å²) in [6.07, 6.45) is 6.71. The molecule has 1 saturated heterocycles. The summed E-state index contributed by atoms with van der Waals surface area (Å²) in [5.41, 5.74) is 0.373. The van der Waals surface area contributed by atoms with Gasteiger partial charge in [-0.15, -0.1) is 0 Å². The molecule has 3 heterocycles. The van der Waals surface area contributed by atoms with E-state index >= 15 is 0 Å². The molecule has 1 saturated carbocycles. The number of sulfonamides is 1. The lowest BCUT2D eigenvalue weighted by atomic mass is 9.85. The Kier molecular flexibility index (Phi) is 4.01. The molecule has 9 heteroatoms. The quantitative estimate of drug-likeness (QED) is 0.847. The number of pyridine rings is 1. The van der Waals surface area contributed by atoms with Crippen molar-refractivity contribution in [3.63, 3.8) is 0 Å². The maximum absolute atomic E-state index is 13.4. The molecule has 2 aromatic heterocycles. The third-order valence-corrected chi connectivity index (χ3v) is 7.63. The molecule has 0 spiro atoms. The van der Waals surface area contributed by atoms with Gasteiger partial charge in [0, 0.05) is 18.4 Å². The van der Waals surface area contributed by atoms with Crippen LogP contribution in [0, 0.1) is 5.92 Å². The van der Waals surface area contributed by atoms with Crippen LogP contribution in [-0.4, -0.2) is 45.9 Å². The maximum Gasteiger partial charge on any atom is 0.322 e. The van der Waals surface area contributed by atoms with Gasteiger partial charge < -0.3 is 10.1 Å². The van der Waals surface area contributed by atoms with Crippen LogP contribution in [0.3, 0.4) is 0 Å². The second-order valence-corrected chi connectivity index (χ2v) is 8.92. The van der Waals surface area contributed by atoms with Crippen molar-refractivity contribution in [1.82, 2.24) is 14.3 Å². The number of halogens is 1. The molecule has 1 aliphatic carbocycles. The van der Waals surface area contributed by atoms with Gasteiger partial charge in [0.1, 0.15) is 16.6 Å². The van der Waals surface area contributed by atoms with Crippen LogP contribution < -0.4 is 0 Å². The highest BCUT2D eigenvalue weighted by molar-refractivity contribution is 7.89. The van der Waals surface area contributed by atoms with E-state index in [1.807, 2.05) is 0 Å². The number of aliphatic carboxylic acids is 1. The van der Waals surface area contributed by atoms with E-state index in [0.29, 0.717) is 23.9 Å². The molecule has 7 nitrogen and oxygen atoms in total. The minimum atomic E-state index is -4.01. The molecule has 0 radical (unpaired) electrons. The number of nitrogens with one attached hydrogen (secondary N) is 1. The number of hydrogen-bond acceptors (Lipinski definition) is 4. The first-order valence-electron chi connectivity index (χ1n) is 8.29. The lowest BCUT2D eigenvalue weighted by molar-refractivity contribution is -0.141. The van der Waals surface area contributed by atoms with Crippen LogP contribution in [0.5, 0.6) is 0 Å². The fraction of sp³-hybridized carbons (Fsp3) is 0.500. The second-order valence-electron chi connectivity index (χ2n) is 6.71. The Morgan fingerprint density at radius 2 is 2.12 bits per heavy atom. The van der Waals surface area contributed by atoms with E-state index in [1.54, 1.807) is 0 Å². The summed E-state index contributed by atoms with van der Waals surface area (Å²) >= 11 is 6.19. The molecule has 3 atom stereocenters. The molecule has 2 aliphatic rings. The number of nitrogens with zero attached hydrogens (tertiary/aromatic N) is 2. The Labute approximate surface area is 150 Å². The van der Waals surface area contributed by atoms with Crippen LogP contribution in [0.2, 0.25) is 5.02 Å². The molecule has 2 aromatic rings. The van der Waals surface area contributed by atoms with Gasteiger partial charge in [0.25, 0.3) is 0 Å². The molecule has 4 rings (SSSR count). The number of carboxylic acid groups (broad SMARTS) is 1. The first-order chi connectivity index (χ1) is 11.9. The van der Waals surface area contributed by atoms with Gasteiger partial charge in [-0.3, -0.25) is 4.79 Å². The zero-order chi connectivity index (χ0) is 17.8. The van der Waals surface area contributed by atoms with Crippen LogP contribution in [0.25, 0.3) is 11.0 Å². The van der Waals surface area contributed by atoms with Gasteiger partial charge in [0.2, 0.25) is 10.0 Å². The van der Waals surface area contributed by atoms with Gasteiger partial charge in [-0.1, -0.05) is 24.4 Å². The third kappa shape index (κ3) is 2.54. The monoisotopic (exact) mass is 383 g/mol. The molecular formula is C16H18ClN3O4S. The third-order valence-electron chi connectivity index (χ3n) is 5.36. The van der Waals surface area contributed by atoms with E-state index in [9.17, 15) is 18.3 Å². The first-order valence-corrected chi connectivity index (χ1v) is 10.1. The zero-order valence-corrected chi connectivity index (χ0v) is 14.9. The maximum atomic E-state index is 13.4. The van der Waals surface area contributed by atoms with Crippen LogP contribution in [0.1, 0.15) is 32.1 Å². The number of rotatable bonds is 3.